The summed E-state index contributed by atoms with van der Waals surface area (Å²) in [5.41, 5.74) is 0.849. The first kappa shape index (κ1) is 16.7. The minimum absolute atomic E-state index is 0.0700. The lowest BCUT2D eigenvalue weighted by Crippen LogP contribution is -2.31. The number of amides is 1. The lowest BCUT2D eigenvalue weighted by atomic mass is 9.82. The number of fused-ring (bicyclic) bond motifs is 5. The molecule has 1 aromatic heterocycles. The second-order valence-electron chi connectivity index (χ2n) is 7.33. The number of nitrogens with zero attached hydrogens (tertiary/aromatic N) is 3. The van der Waals surface area contributed by atoms with Gasteiger partial charge in [0.15, 0.2) is 0 Å². The van der Waals surface area contributed by atoms with E-state index in [0.29, 0.717) is 36.1 Å². The van der Waals surface area contributed by atoms with Crippen molar-refractivity contribution in [2.45, 2.75) is 31.2 Å². The summed E-state index contributed by atoms with van der Waals surface area (Å²) in [6.45, 7) is 1.40. The van der Waals surface area contributed by atoms with Crippen molar-refractivity contribution in [1.82, 2.24) is 15.0 Å². The van der Waals surface area contributed by atoms with Gasteiger partial charge in [0.25, 0.3) is 5.91 Å². The maximum atomic E-state index is 12.8. The molecule has 3 saturated heterocycles. The standard InChI is InChI=1S/C18H16F3N3O3/c19-18(20,21)17-22-15(23-27-17)9-1-3-10(4-2-9)16(25)24-7-11-12(8-24)14-6-5-13(11)26-14/h1-4,11-14H,5-8H2/t11-,12-,13+,14+/m0/s1. The van der Waals surface area contributed by atoms with Gasteiger partial charge in [0, 0.05) is 36.1 Å². The molecule has 3 aliphatic heterocycles. The van der Waals surface area contributed by atoms with Gasteiger partial charge in [-0.1, -0.05) is 17.3 Å². The van der Waals surface area contributed by atoms with E-state index in [4.69, 9.17) is 4.74 Å². The summed E-state index contributed by atoms with van der Waals surface area (Å²) in [6, 6.07) is 6.23. The molecule has 2 bridgehead atoms. The van der Waals surface area contributed by atoms with E-state index >= 15 is 0 Å². The van der Waals surface area contributed by atoms with Crippen molar-refractivity contribution in [2.75, 3.05) is 13.1 Å². The number of rotatable bonds is 2. The molecule has 1 aromatic carbocycles. The van der Waals surface area contributed by atoms with Crippen molar-refractivity contribution in [1.29, 1.82) is 0 Å². The molecule has 1 amide bonds. The van der Waals surface area contributed by atoms with Crippen LogP contribution in [0.25, 0.3) is 11.4 Å². The Morgan fingerprint density at radius 2 is 1.70 bits per heavy atom. The number of carbonyl (C=O) groups is 1. The second kappa shape index (κ2) is 5.79. The van der Waals surface area contributed by atoms with Crippen LogP contribution in [0.5, 0.6) is 0 Å². The molecule has 4 heterocycles. The van der Waals surface area contributed by atoms with Gasteiger partial charge in [0.1, 0.15) is 0 Å². The number of alkyl halides is 3. The zero-order chi connectivity index (χ0) is 18.8. The molecule has 0 saturated carbocycles. The number of halogens is 3. The van der Waals surface area contributed by atoms with Crippen molar-refractivity contribution in [2.24, 2.45) is 11.8 Å². The van der Waals surface area contributed by atoms with Crippen molar-refractivity contribution < 1.29 is 27.2 Å². The molecule has 6 nitrogen and oxygen atoms in total. The third-order valence-electron chi connectivity index (χ3n) is 5.80. The highest BCUT2D eigenvalue weighted by Gasteiger charge is 2.53. The Morgan fingerprint density at radius 1 is 1.07 bits per heavy atom. The average molecular weight is 379 g/mol. The van der Waals surface area contributed by atoms with Crippen LogP contribution in [-0.2, 0) is 10.9 Å². The first-order valence-electron chi connectivity index (χ1n) is 8.86. The molecule has 2 aromatic rings. The quantitative estimate of drug-likeness (QED) is 0.802. The smallest absolute Gasteiger partial charge is 0.374 e. The van der Waals surface area contributed by atoms with Gasteiger partial charge in [-0.25, -0.2) is 0 Å². The van der Waals surface area contributed by atoms with E-state index in [-0.39, 0.29) is 23.9 Å². The van der Waals surface area contributed by atoms with Gasteiger partial charge >= 0.3 is 12.1 Å². The highest BCUT2D eigenvalue weighted by molar-refractivity contribution is 5.94. The minimum Gasteiger partial charge on any atom is -0.374 e. The molecule has 4 atom stereocenters. The lowest BCUT2D eigenvalue weighted by molar-refractivity contribution is -0.159. The Labute approximate surface area is 152 Å². The van der Waals surface area contributed by atoms with E-state index in [1.54, 1.807) is 12.1 Å². The molecule has 0 aliphatic carbocycles. The minimum atomic E-state index is -4.68. The molecule has 5 rings (SSSR count). The molecule has 142 valence electrons. The molecule has 0 spiro atoms. The molecule has 0 radical (unpaired) electrons. The summed E-state index contributed by atoms with van der Waals surface area (Å²) in [4.78, 5) is 18.0. The van der Waals surface area contributed by atoms with Gasteiger partial charge in [-0.15, -0.1) is 0 Å². The Bertz CT molecular complexity index is 862. The lowest BCUT2D eigenvalue weighted by Gasteiger charge is -2.19. The van der Waals surface area contributed by atoms with E-state index in [9.17, 15) is 18.0 Å². The summed E-state index contributed by atoms with van der Waals surface area (Å²) in [5.74, 6) is -0.775. The molecular formula is C18H16F3N3O3. The van der Waals surface area contributed by atoms with Gasteiger partial charge < -0.3 is 14.2 Å². The molecule has 0 unspecified atom stereocenters. The van der Waals surface area contributed by atoms with E-state index in [1.807, 2.05) is 4.90 Å². The fraction of sp³-hybridized carbons (Fsp3) is 0.500. The predicted molar refractivity (Wildman–Crippen MR) is 85.5 cm³/mol. The third kappa shape index (κ3) is 2.72. The van der Waals surface area contributed by atoms with Crippen LogP contribution in [0.4, 0.5) is 13.2 Å². The Morgan fingerprint density at radius 3 is 2.26 bits per heavy atom. The van der Waals surface area contributed by atoms with Crippen molar-refractivity contribution in [3.8, 4) is 11.4 Å². The molecule has 9 heteroatoms. The van der Waals surface area contributed by atoms with Crippen LogP contribution in [0.2, 0.25) is 0 Å². The topological polar surface area (TPSA) is 68.5 Å². The number of ether oxygens (including phenoxy) is 1. The van der Waals surface area contributed by atoms with Crippen LogP contribution >= 0.6 is 0 Å². The second-order valence-corrected chi connectivity index (χ2v) is 7.33. The Hall–Kier alpha value is -2.42. The average Bonchev–Trinajstić information content (AvgIpc) is 3.42. The number of benzene rings is 1. The molecule has 27 heavy (non-hydrogen) atoms. The van der Waals surface area contributed by atoms with Crippen LogP contribution in [-0.4, -0.2) is 46.2 Å². The highest BCUT2D eigenvalue weighted by Crippen LogP contribution is 2.47. The first-order valence-corrected chi connectivity index (χ1v) is 8.86. The number of carbonyl (C=O) groups excluding carboxylic acids is 1. The van der Waals surface area contributed by atoms with Crippen LogP contribution in [0.3, 0.4) is 0 Å². The number of hydrogen-bond acceptors (Lipinski definition) is 5. The fourth-order valence-electron chi connectivity index (χ4n) is 4.53. The van der Waals surface area contributed by atoms with Gasteiger partial charge in [-0.05, 0) is 25.0 Å². The number of aromatic nitrogens is 2. The van der Waals surface area contributed by atoms with Crippen LogP contribution in [0.15, 0.2) is 28.8 Å². The molecular weight excluding hydrogens is 363 g/mol. The maximum Gasteiger partial charge on any atom is 0.471 e. The van der Waals surface area contributed by atoms with E-state index in [2.05, 4.69) is 14.7 Å². The summed E-state index contributed by atoms with van der Waals surface area (Å²) >= 11 is 0. The van der Waals surface area contributed by atoms with Gasteiger partial charge in [0.2, 0.25) is 5.82 Å². The largest absolute Gasteiger partial charge is 0.471 e. The van der Waals surface area contributed by atoms with Gasteiger partial charge in [-0.3, -0.25) is 4.79 Å². The molecule has 0 N–H and O–H groups in total. The van der Waals surface area contributed by atoms with Crippen LogP contribution < -0.4 is 0 Å². The highest BCUT2D eigenvalue weighted by atomic mass is 19.4. The van der Waals surface area contributed by atoms with Gasteiger partial charge in [0.05, 0.1) is 12.2 Å². The monoisotopic (exact) mass is 379 g/mol. The van der Waals surface area contributed by atoms with E-state index < -0.39 is 12.1 Å². The Kier molecular flexibility index (Phi) is 3.59. The summed E-state index contributed by atoms with van der Waals surface area (Å²) in [5, 5.41) is 3.35. The maximum absolute atomic E-state index is 12.8. The molecule has 3 aliphatic rings. The van der Waals surface area contributed by atoms with Gasteiger partial charge in [-0.2, -0.15) is 18.2 Å². The summed E-state index contributed by atoms with van der Waals surface area (Å²) < 4.78 is 47.8. The summed E-state index contributed by atoms with van der Waals surface area (Å²) in [6.07, 6.45) is -1.97. The van der Waals surface area contributed by atoms with E-state index in [0.717, 1.165) is 12.8 Å². The SMILES string of the molecule is O=C(c1ccc(-c2noc(C(F)(F)F)n2)cc1)N1C[C@H]2[C@H](C1)[C@H]1CC[C@H]2O1. The number of hydrogen-bond donors (Lipinski definition) is 0. The number of likely N-dealkylation sites (tertiary alicyclic amines) is 1. The van der Waals surface area contributed by atoms with Crippen LogP contribution in [0, 0.1) is 11.8 Å². The normalized spacial score (nSPS) is 29.4. The molecule has 3 fully saturated rings. The Balaban J connectivity index is 1.31. The third-order valence-corrected chi connectivity index (χ3v) is 5.80. The predicted octanol–water partition coefficient (Wildman–Crippen LogP) is 3.00. The van der Waals surface area contributed by atoms with Crippen molar-refractivity contribution in [3.63, 3.8) is 0 Å². The van der Waals surface area contributed by atoms with Crippen molar-refractivity contribution >= 4 is 5.91 Å². The van der Waals surface area contributed by atoms with E-state index in [1.165, 1.54) is 12.1 Å². The first-order chi connectivity index (χ1) is 12.9. The zero-order valence-corrected chi connectivity index (χ0v) is 14.1. The summed E-state index contributed by atoms with van der Waals surface area (Å²) in [7, 11) is 0. The van der Waals surface area contributed by atoms with Crippen LogP contribution in [0.1, 0.15) is 29.1 Å². The fourth-order valence-corrected chi connectivity index (χ4v) is 4.53. The van der Waals surface area contributed by atoms with Crippen molar-refractivity contribution in [3.05, 3.63) is 35.7 Å². The zero-order valence-electron chi connectivity index (χ0n) is 14.1.